The van der Waals surface area contributed by atoms with Crippen LogP contribution in [0.15, 0.2) is 46.1 Å². The SMILES string of the molecule is Cc1c(N)cnn(C[n+]2cc(C[C@H](O)c3ccc(Cl)cc3)no2)c1=O. The van der Waals surface area contributed by atoms with Crippen molar-refractivity contribution in [2.75, 3.05) is 5.73 Å². The van der Waals surface area contributed by atoms with Gasteiger partial charge in [0.15, 0.2) is 11.4 Å². The molecule has 0 saturated heterocycles. The highest BCUT2D eigenvalue weighted by molar-refractivity contribution is 6.30. The fraction of sp³-hybridized carbons (Fsp3) is 0.250. The van der Waals surface area contributed by atoms with E-state index in [1.807, 2.05) is 0 Å². The minimum atomic E-state index is -0.740. The number of nitrogen functional groups attached to an aromatic ring is 1. The van der Waals surface area contributed by atoms with Crippen LogP contribution in [0.1, 0.15) is 22.9 Å². The van der Waals surface area contributed by atoms with Gasteiger partial charge < -0.3 is 10.8 Å². The molecule has 0 radical (unpaired) electrons. The lowest BCUT2D eigenvalue weighted by Crippen LogP contribution is -2.41. The van der Waals surface area contributed by atoms with Crippen molar-refractivity contribution in [1.29, 1.82) is 0 Å². The van der Waals surface area contributed by atoms with Crippen LogP contribution in [0.5, 0.6) is 0 Å². The highest BCUT2D eigenvalue weighted by Crippen LogP contribution is 2.19. The van der Waals surface area contributed by atoms with Crippen LogP contribution < -0.4 is 16.0 Å². The van der Waals surface area contributed by atoms with Crippen molar-refractivity contribution in [1.82, 2.24) is 14.9 Å². The molecule has 2 aromatic heterocycles. The first-order chi connectivity index (χ1) is 11.9. The molecule has 130 valence electrons. The van der Waals surface area contributed by atoms with Crippen molar-refractivity contribution < 1.29 is 14.5 Å². The molecule has 1 aromatic carbocycles. The third-order valence-corrected chi connectivity index (χ3v) is 4.06. The van der Waals surface area contributed by atoms with Crippen LogP contribution in [-0.4, -0.2) is 20.0 Å². The Labute approximate surface area is 148 Å². The molecule has 2 heterocycles. The van der Waals surface area contributed by atoms with E-state index in [-0.39, 0.29) is 18.6 Å². The van der Waals surface area contributed by atoms with Gasteiger partial charge in [-0.2, -0.15) is 9.78 Å². The lowest BCUT2D eigenvalue weighted by molar-refractivity contribution is -0.876. The van der Waals surface area contributed by atoms with Crippen LogP contribution >= 0.6 is 11.6 Å². The van der Waals surface area contributed by atoms with Crippen molar-refractivity contribution in [3.63, 3.8) is 0 Å². The molecule has 0 fully saturated rings. The van der Waals surface area contributed by atoms with E-state index in [4.69, 9.17) is 22.0 Å². The van der Waals surface area contributed by atoms with Gasteiger partial charge in [-0.05, 0) is 29.4 Å². The van der Waals surface area contributed by atoms with Crippen molar-refractivity contribution in [2.45, 2.75) is 26.1 Å². The number of nitrogens with two attached hydrogens (primary N) is 1. The van der Waals surface area contributed by atoms with E-state index in [0.29, 0.717) is 22.0 Å². The molecule has 0 aliphatic rings. The summed E-state index contributed by atoms with van der Waals surface area (Å²) in [4.78, 5) is 12.1. The van der Waals surface area contributed by atoms with Crippen molar-refractivity contribution in [2.24, 2.45) is 0 Å². The Hall–Kier alpha value is -2.71. The normalized spacial score (nSPS) is 12.3. The van der Waals surface area contributed by atoms with Crippen LogP contribution in [0.3, 0.4) is 0 Å². The predicted octanol–water partition coefficient (Wildman–Crippen LogP) is 0.845. The molecular weight excluding hydrogens is 346 g/mol. The monoisotopic (exact) mass is 362 g/mol. The zero-order valence-corrected chi connectivity index (χ0v) is 14.2. The summed E-state index contributed by atoms with van der Waals surface area (Å²) in [5, 5.41) is 18.7. The zero-order chi connectivity index (χ0) is 18.0. The van der Waals surface area contributed by atoms with Crippen LogP contribution in [-0.2, 0) is 13.1 Å². The average Bonchev–Trinajstić information content (AvgIpc) is 3.03. The van der Waals surface area contributed by atoms with Gasteiger partial charge in [-0.3, -0.25) is 4.79 Å². The number of aliphatic hydroxyl groups excluding tert-OH is 1. The van der Waals surface area contributed by atoms with Crippen LogP contribution in [0.2, 0.25) is 5.02 Å². The first kappa shape index (κ1) is 17.1. The Morgan fingerprint density at radius 1 is 1.40 bits per heavy atom. The molecule has 3 N–H and O–H groups in total. The highest BCUT2D eigenvalue weighted by Gasteiger charge is 2.19. The van der Waals surface area contributed by atoms with Gasteiger partial charge >= 0.3 is 0 Å². The Balaban J connectivity index is 1.71. The Bertz CT molecular complexity index is 936. The summed E-state index contributed by atoms with van der Waals surface area (Å²) in [7, 11) is 0. The summed E-state index contributed by atoms with van der Waals surface area (Å²) in [6.45, 7) is 1.69. The number of halogens is 1. The first-order valence-electron chi connectivity index (χ1n) is 7.55. The summed E-state index contributed by atoms with van der Waals surface area (Å²) >= 11 is 5.84. The summed E-state index contributed by atoms with van der Waals surface area (Å²) in [6.07, 6.45) is 2.55. The molecule has 0 aliphatic heterocycles. The second-order valence-electron chi connectivity index (χ2n) is 5.65. The topological polar surface area (TPSA) is 111 Å². The van der Waals surface area contributed by atoms with E-state index in [2.05, 4.69) is 10.3 Å². The molecule has 0 unspecified atom stereocenters. The molecule has 25 heavy (non-hydrogen) atoms. The Morgan fingerprint density at radius 3 is 2.84 bits per heavy atom. The lowest BCUT2D eigenvalue weighted by Gasteiger charge is -2.06. The second kappa shape index (κ2) is 7.04. The maximum atomic E-state index is 12.1. The quantitative estimate of drug-likeness (QED) is 0.651. The number of hydrogen-bond acceptors (Lipinski definition) is 6. The number of anilines is 1. The minimum absolute atomic E-state index is 0.0595. The molecule has 0 amide bonds. The van der Waals surface area contributed by atoms with Crippen LogP contribution in [0, 0.1) is 6.92 Å². The fourth-order valence-corrected chi connectivity index (χ4v) is 2.43. The third kappa shape index (κ3) is 3.86. The average molecular weight is 363 g/mol. The maximum Gasteiger partial charge on any atom is 0.275 e. The van der Waals surface area contributed by atoms with Crippen molar-refractivity contribution in [3.8, 4) is 0 Å². The number of hydrogen-bond donors (Lipinski definition) is 2. The van der Waals surface area contributed by atoms with Gasteiger partial charge in [-0.25, -0.2) is 0 Å². The molecule has 0 saturated carbocycles. The highest BCUT2D eigenvalue weighted by atomic mass is 35.5. The molecule has 3 aromatic rings. The van der Waals surface area contributed by atoms with Gasteiger partial charge in [-0.15, -0.1) is 0 Å². The number of aromatic nitrogens is 4. The first-order valence-corrected chi connectivity index (χ1v) is 7.93. The molecule has 0 bridgehead atoms. The van der Waals surface area contributed by atoms with Crippen molar-refractivity contribution in [3.05, 3.63) is 68.9 Å². The number of benzene rings is 1. The minimum Gasteiger partial charge on any atom is -0.397 e. The molecule has 0 aliphatic carbocycles. The van der Waals surface area contributed by atoms with Gasteiger partial charge in [-0.1, -0.05) is 28.4 Å². The van der Waals surface area contributed by atoms with Crippen LogP contribution in [0.4, 0.5) is 5.69 Å². The maximum absolute atomic E-state index is 12.1. The molecule has 3 rings (SSSR count). The van der Waals surface area contributed by atoms with E-state index >= 15 is 0 Å². The van der Waals surface area contributed by atoms with E-state index < -0.39 is 6.10 Å². The van der Waals surface area contributed by atoms with Gasteiger partial charge in [0, 0.05) is 10.6 Å². The van der Waals surface area contributed by atoms with Crippen molar-refractivity contribution >= 4 is 17.3 Å². The molecule has 1 atom stereocenters. The smallest absolute Gasteiger partial charge is 0.275 e. The summed E-state index contributed by atoms with van der Waals surface area (Å²) < 4.78 is 7.73. The van der Waals surface area contributed by atoms with Gasteiger partial charge in [0.1, 0.15) is 0 Å². The summed E-state index contributed by atoms with van der Waals surface area (Å²) in [5.41, 5.74) is 7.39. The zero-order valence-electron chi connectivity index (χ0n) is 13.5. The third-order valence-electron chi connectivity index (χ3n) is 3.81. The summed E-state index contributed by atoms with van der Waals surface area (Å²) in [6, 6.07) is 6.93. The van der Waals surface area contributed by atoms with E-state index in [1.165, 1.54) is 15.6 Å². The Morgan fingerprint density at radius 2 is 2.12 bits per heavy atom. The largest absolute Gasteiger partial charge is 0.397 e. The fourth-order valence-electron chi connectivity index (χ4n) is 2.31. The van der Waals surface area contributed by atoms with E-state index in [9.17, 15) is 9.90 Å². The molecule has 9 heteroatoms. The number of aliphatic hydroxyl groups is 1. The summed E-state index contributed by atoms with van der Waals surface area (Å²) in [5.74, 6) is 0. The van der Waals surface area contributed by atoms with Gasteiger partial charge in [0.2, 0.25) is 12.4 Å². The molecular formula is C16H17ClN5O3+. The van der Waals surface area contributed by atoms with E-state index in [1.54, 1.807) is 37.4 Å². The van der Waals surface area contributed by atoms with Gasteiger partial charge in [0.05, 0.1) is 24.4 Å². The van der Waals surface area contributed by atoms with Gasteiger partial charge in [0.25, 0.3) is 5.56 Å². The molecule has 8 nitrogen and oxygen atoms in total. The lowest BCUT2D eigenvalue weighted by atomic mass is 10.1. The standard InChI is InChI=1S/C16H16ClN5O3/c1-10-14(18)7-19-22(16(10)24)9-21-8-13(20-25-21)6-15(23)11-2-4-12(17)5-3-11/h2-5,7-8,15,23H,6,9H2,1H3,(H-,18,24)/p+1/t15-/m0/s1. The second-order valence-corrected chi connectivity index (χ2v) is 6.09. The number of nitrogens with zero attached hydrogens (tertiary/aromatic N) is 4. The van der Waals surface area contributed by atoms with Crippen LogP contribution in [0.25, 0.3) is 0 Å². The Kier molecular flexibility index (Phi) is 4.82. The molecule has 0 spiro atoms. The number of rotatable bonds is 5. The predicted molar refractivity (Wildman–Crippen MR) is 89.9 cm³/mol. The van der Waals surface area contributed by atoms with E-state index in [0.717, 1.165) is 5.56 Å².